The number of fused-ring (bicyclic) bond motifs is 1. The molecule has 0 spiro atoms. The van der Waals surface area contributed by atoms with Gasteiger partial charge >= 0.3 is 0 Å². The number of hydrogen-bond acceptors (Lipinski definition) is 4. The first kappa shape index (κ1) is 12.0. The maximum absolute atomic E-state index is 4.10. The second-order valence-corrected chi connectivity index (χ2v) is 4.24. The topological polar surface area (TPSA) is 56.8 Å². The molecule has 0 atom stereocenters. The molecule has 2 aromatic rings. The first-order valence-corrected chi connectivity index (χ1v) is 5.98. The van der Waals surface area contributed by atoms with E-state index in [0.717, 1.165) is 37.2 Å². The zero-order valence-electron chi connectivity index (χ0n) is 10.4. The highest BCUT2D eigenvalue weighted by atomic mass is 15.3. The third-order valence-electron chi connectivity index (χ3n) is 2.75. The van der Waals surface area contributed by atoms with Crippen molar-refractivity contribution in [3.05, 3.63) is 23.8 Å². The Morgan fingerprint density at radius 3 is 2.94 bits per heavy atom. The summed E-state index contributed by atoms with van der Waals surface area (Å²) in [5, 5.41) is 14.1. The molecule has 1 aromatic heterocycles. The summed E-state index contributed by atoms with van der Waals surface area (Å²) in [5.74, 6) is 0. The van der Waals surface area contributed by atoms with E-state index in [1.54, 1.807) is 0 Å². The number of nitrogens with one attached hydrogen (secondary N) is 2. The van der Waals surface area contributed by atoms with Gasteiger partial charge in [-0.05, 0) is 31.3 Å². The van der Waals surface area contributed by atoms with Crippen molar-refractivity contribution in [1.29, 1.82) is 0 Å². The molecule has 5 nitrogen and oxygen atoms in total. The Morgan fingerprint density at radius 2 is 2.12 bits per heavy atom. The number of rotatable bonds is 6. The van der Waals surface area contributed by atoms with Crippen LogP contribution in [0, 0.1) is 0 Å². The van der Waals surface area contributed by atoms with Gasteiger partial charge < -0.3 is 10.2 Å². The summed E-state index contributed by atoms with van der Waals surface area (Å²) in [7, 11) is 2.13. The van der Waals surface area contributed by atoms with Crippen molar-refractivity contribution in [2.45, 2.75) is 13.5 Å². The second-order valence-electron chi connectivity index (χ2n) is 4.24. The van der Waals surface area contributed by atoms with Gasteiger partial charge in [-0.3, -0.25) is 0 Å². The predicted molar refractivity (Wildman–Crippen MR) is 68.8 cm³/mol. The number of aromatic amines is 1. The number of benzene rings is 1. The maximum Gasteiger partial charge on any atom is 0.113 e. The molecule has 0 fully saturated rings. The van der Waals surface area contributed by atoms with Crippen LogP contribution in [-0.4, -0.2) is 47.0 Å². The number of hydrogen-bond donors (Lipinski definition) is 2. The van der Waals surface area contributed by atoms with Crippen LogP contribution in [0.15, 0.2) is 18.2 Å². The summed E-state index contributed by atoms with van der Waals surface area (Å²) >= 11 is 0. The molecular weight excluding hydrogens is 214 g/mol. The lowest BCUT2D eigenvalue weighted by Crippen LogP contribution is -2.28. The van der Waals surface area contributed by atoms with E-state index in [4.69, 9.17) is 0 Å². The predicted octanol–water partition coefficient (Wildman–Crippen LogP) is 0.999. The first-order valence-electron chi connectivity index (χ1n) is 5.98. The smallest absolute Gasteiger partial charge is 0.113 e. The lowest BCUT2D eigenvalue weighted by atomic mass is 10.2. The lowest BCUT2D eigenvalue weighted by molar-refractivity contribution is 0.326. The van der Waals surface area contributed by atoms with Crippen molar-refractivity contribution in [3.8, 4) is 0 Å². The van der Waals surface area contributed by atoms with Crippen LogP contribution in [0.2, 0.25) is 0 Å². The van der Waals surface area contributed by atoms with Crippen LogP contribution in [-0.2, 0) is 6.54 Å². The molecule has 1 heterocycles. The standard InChI is InChI=1S/C12H19N5/c1-3-13-6-7-17(2)9-10-4-5-11-12(8-10)15-16-14-11/h4-5,8,13H,3,6-7,9H2,1-2H3,(H,14,15,16). The molecule has 0 amide bonds. The van der Waals surface area contributed by atoms with Gasteiger partial charge in [0.15, 0.2) is 0 Å². The SMILES string of the molecule is CCNCCN(C)Cc1ccc2n[nH]nc2c1. The summed E-state index contributed by atoms with van der Waals surface area (Å²) in [5.41, 5.74) is 3.12. The largest absolute Gasteiger partial charge is 0.316 e. The molecular formula is C12H19N5. The summed E-state index contributed by atoms with van der Waals surface area (Å²) in [6, 6.07) is 6.20. The Morgan fingerprint density at radius 1 is 1.29 bits per heavy atom. The van der Waals surface area contributed by atoms with Crippen molar-refractivity contribution < 1.29 is 0 Å². The minimum atomic E-state index is 0.920. The Bertz CT molecular complexity index is 465. The quantitative estimate of drug-likeness (QED) is 0.731. The zero-order chi connectivity index (χ0) is 12.1. The Hall–Kier alpha value is -1.46. The van der Waals surface area contributed by atoms with Crippen LogP contribution in [0.1, 0.15) is 12.5 Å². The van der Waals surface area contributed by atoms with Gasteiger partial charge in [-0.2, -0.15) is 15.4 Å². The molecule has 2 rings (SSSR count). The van der Waals surface area contributed by atoms with E-state index in [1.165, 1.54) is 5.56 Å². The third kappa shape index (κ3) is 3.25. The summed E-state index contributed by atoms with van der Waals surface area (Å²) in [6.45, 7) is 6.16. The van der Waals surface area contributed by atoms with Crippen molar-refractivity contribution in [1.82, 2.24) is 25.6 Å². The highest BCUT2D eigenvalue weighted by Gasteiger charge is 2.03. The normalized spacial score (nSPS) is 11.5. The molecule has 0 aliphatic heterocycles. The van der Waals surface area contributed by atoms with E-state index < -0.39 is 0 Å². The van der Waals surface area contributed by atoms with Crippen LogP contribution in [0.3, 0.4) is 0 Å². The summed E-state index contributed by atoms with van der Waals surface area (Å²) in [4.78, 5) is 2.30. The molecule has 2 N–H and O–H groups in total. The highest BCUT2D eigenvalue weighted by molar-refractivity contribution is 5.74. The molecule has 92 valence electrons. The van der Waals surface area contributed by atoms with E-state index in [1.807, 2.05) is 6.07 Å². The van der Waals surface area contributed by atoms with E-state index in [9.17, 15) is 0 Å². The molecule has 0 aliphatic carbocycles. The molecule has 5 heteroatoms. The van der Waals surface area contributed by atoms with Crippen molar-refractivity contribution in [2.75, 3.05) is 26.7 Å². The molecule has 0 saturated carbocycles. The van der Waals surface area contributed by atoms with Crippen molar-refractivity contribution in [3.63, 3.8) is 0 Å². The lowest BCUT2D eigenvalue weighted by Gasteiger charge is -2.16. The molecule has 0 radical (unpaired) electrons. The van der Waals surface area contributed by atoms with Gasteiger partial charge in [0.25, 0.3) is 0 Å². The van der Waals surface area contributed by atoms with Gasteiger partial charge in [-0.1, -0.05) is 13.0 Å². The van der Waals surface area contributed by atoms with Crippen LogP contribution in [0.5, 0.6) is 0 Å². The molecule has 0 unspecified atom stereocenters. The van der Waals surface area contributed by atoms with Gasteiger partial charge in [-0.25, -0.2) is 0 Å². The van der Waals surface area contributed by atoms with Gasteiger partial charge in [0.2, 0.25) is 0 Å². The Labute approximate surface area is 101 Å². The number of likely N-dealkylation sites (N-methyl/N-ethyl adjacent to an activating group) is 2. The monoisotopic (exact) mass is 233 g/mol. The van der Waals surface area contributed by atoms with Gasteiger partial charge in [0.05, 0.1) is 0 Å². The van der Waals surface area contributed by atoms with Crippen molar-refractivity contribution in [2.24, 2.45) is 0 Å². The average Bonchev–Trinajstić information content (AvgIpc) is 2.76. The zero-order valence-corrected chi connectivity index (χ0v) is 10.4. The third-order valence-corrected chi connectivity index (χ3v) is 2.75. The fourth-order valence-electron chi connectivity index (χ4n) is 1.82. The average molecular weight is 233 g/mol. The molecule has 0 aliphatic rings. The highest BCUT2D eigenvalue weighted by Crippen LogP contribution is 2.11. The summed E-state index contributed by atoms with van der Waals surface area (Å²) in [6.07, 6.45) is 0. The van der Waals surface area contributed by atoms with Crippen LogP contribution in [0.4, 0.5) is 0 Å². The fraction of sp³-hybridized carbons (Fsp3) is 0.500. The Balaban J connectivity index is 1.93. The summed E-state index contributed by atoms with van der Waals surface area (Å²) < 4.78 is 0. The fourth-order valence-corrected chi connectivity index (χ4v) is 1.82. The number of aromatic nitrogens is 3. The van der Waals surface area contributed by atoms with Gasteiger partial charge in [-0.15, -0.1) is 0 Å². The molecule has 0 saturated heterocycles. The van der Waals surface area contributed by atoms with E-state index in [-0.39, 0.29) is 0 Å². The van der Waals surface area contributed by atoms with Crippen LogP contribution >= 0.6 is 0 Å². The maximum atomic E-state index is 4.10. The molecule has 0 bridgehead atoms. The molecule has 1 aromatic carbocycles. The number of H-pyrrole nitrogens is 1. The Kier molecular flexibility index (Phi) is 4.06. The molecule has 17 heavy (non-hydrogen) atoms. The first-order chi connectivity index (χ1) is 8.29. The number of nitrogens with zero attached hydrogens (tertiary/aromatic N) is 3. The van der Waals surface area contributed by atoms with Gasteiger partial charge in [0.1, 0.15) is 11.0 Å². The minimum Gasteiger partial charge on any atom is -0.316 e. The van der Waals surface area contributed by atoms with E-state index in [2.05, 4.69) is 51.7 Å². The van der Waals surface area contributed by atoms with Crippen molar-refractivity contribution >= 4 is 11.0 Å². The van der Waals surface area contributed by atoms with E-state index in [0.29, 0.717) is 0 Å². The van der Waals surface area contributed by atoms with Crippen LogP contribution in [0.25, 0.3) is 11.0 Å². The minimum absolute atomic E-state index is 0.920. The van der Waals surface area contributed by atoms with Gasteiger partial charge in [0, 0.05) is 19.6 Å². The van der Waals surface area contributed by atoms with Crippen LogP contribution < -0.4 is 5.32 Å². The van der Waals surface area contributed by atoms with E-state index >= 15 is 0 Å². The second kappa shape index (κ2) is 5.75.